The van der Waals surface area contributed by atoms with E-state index in [1.807, 2.05) is 0 Å². The van der Waals surface area contributed by atoms with Crippen LogP contribution < -0.4 is 0 Å². The Morgan fingerprint density at radius 2 is 1.76 bits per heavy atom. The quantitative estimate of drug-likeness (QED) is 0.865. The van der Waals surface area contributed by atoms with Gasteiger partial charge in [-0.1, -0.05) is 6.92 Å². The van der Waals surface area contributed by atoms with Crippen molar-refractivity contribution in [2.75, 3.05) is 26.2 Å². The summed E-state index contributed by atoms with van der Waals surface area (Å²) in [4.78, 5) is 17.0. The minimum atomic E-state index is 0.102. The molecule has 0 aliphatic carbocycles. The lowest BCUT2D eigenvalue weighted by Gasteiger charge is -2.43. The number of hydrogen-bond donors (Lipinski definition) is 1. The van der Waals surface area contributed by atoms with E-state index < -0.39 is 0 Å². The van der Waals surface area contributed by atoms with Crippen LogP contribution in [-0.4, -0.2) is 59.1 Å². The van der Waals surface area contributed by atoms with E-state index in [1.165, 1.54) is 6.42 Å². The molecule has 2 rings (SSSR count). The van der Waals surface area contributed by atoms with E-state index in [9.17, 15) is 9.90 Å². The first-order valence-electron chi connectivity index (χ1n) is 8.66. The average Bonchev–Trinajstić information content (AvgIpc) is 2.48. The lowest BCUT2D eigenvalue weighted by atomic mass is 9.77. The van der Waals surface area contributed by atoms with Gasteiger partial charge in [-0.05, 0) is 70.9 Å². The second-order valence-corrected chi connectivity index (χ2v) is 7.22. The van der Waals surface area contributed by atoms with Crippen LogP contribution in [-0.2, 0) is 4.79 Å². The lowest BCUT2D eigenvalue weighted by Crippen LogP contribution is -2.52. The van der Waals surface area contributed by atoms with Crippen LogP contribution in [0, 0.1) is 5.41 Å². The number of amides is 1. The average molecular weight is 296 g/mol. The fraction of sp³-hybridized carbons (Fsp3) is 0.941. The molecule has 2 aliphatic rings. The monoisotopic (exact) mass is 296 g/mol. The summed E-state index contributed by atoms with van der Waals surface area (Å²) < 4.78 is 0. The highest BCUT2D eigenvalue weighted by molar-refractivity contribution is 5.79. The van der Waals surface area contributed by atoms with Gasteiger partial charge in [0.15, 0.2) is 0 Å². The predicted octanol–water partition coefficient (Wildman–Crippen LogP) is 2.26. The van der Waals surface area contributed by atoms with Crippen molar-refractivity contribution >= 4 is 5.91 Å². The first kappa shape index (κ1) is 16.8. The maximum atomic E-state index is 12.6. The lowest BCUT2D eigenvalue weighted by molar-refractivity contribution is -0.139. The van der Waals surface area contributed by atoms with Gasteiger partial charge in [-0.15, -0.1) is 0 Å². The molecule has 1 N–H and O–H groups in total. The number of hydrogen-bond acceptors (Lipinski definition) is 3. The second kappa shape index (κ2) is 7.10. The number of nitrogens with zero attached hydrogens (tertiary/aromatic N) is 2. The van der Waals surface area contributed by atoms with Crippen molar-refractivity contribution in [3.63, 3.8) is 0 Å². The predicted molar refractivity (Wildman–Crippen MR) is 85.1 cm³/mol. The van der Waals surface area contributed by atoms with Crippen molar-refractivity contribution in [1.82, 2.24) is 9.80 Å². The molecule has 0 bridgehead atoms. The Morgan fingerprint density at radius 3 is 2.24 bits per heavy atom. The normalized spacial score (nSPS) is 30.4. The maximum Gasteiger partial charge on any atom is 0.237 e. The molecule has 0 spiro atoms. The van der Waals surface area contributed by atoms with Crippen LogP contribution in [0.25, 0.3) is 0 Å². The summed E-state index contributed by atoms with van der Waals surface area (Å²) >= 11 is 0. The van der Waals surface area contributed by atoms with Crippen LogP contribution in [0.5, 0.6) is 0 Å². The molecule has 2 unspecified atom stereocenters. The molecule has 122 valence electrons. The summed E-state index contributed by atoms with van der Waals surface area (Å²) in [6.07, 6.45) is 6.58. The second-order valence-electron chi connectivity index (χ2n) is 7.22. The van der Waals surface area contributed by atoms with Crippen molar-refractivity contribution in [2.45, 2.75) is 71.4 Å². The Bertz CT molecular complexity index is 335. The first-order chi connectivity index (χ1) is 10.0. The Kier molecular flexibility index (Phi) is 5.67. The molecule has 0 aromatic carbocycles. The van der Waals surface area contributed by atoms with Crippen LogP contribution in [0.3, 0.4) is 0 Å². The Hall–Kier alpha value is -0.610. The van der Waals surface area contributed by atoms with Gasteiger partial charge >= 0.3 is 0 Å². The third-order valence-electron chi connectivity index (χ3n) is 5.84. The van der Waals surface area contributed by atoms with Crippen LogP contribution in [0.4, 0.5) is 0 Å². The highest BCUT2D eigenvalue weighted by atomic mass is 16.3. The zero-order valence-corrected chi connectivity index (χ0v) is 14.0. The summed E-state index contributed by atoms with van der Waals surface area (Å²) in [6.45, 7) is 9.24. The number of rotatable bonds is 4. The highest BCUT2D eigenvalue weighted by Crippen LogP contribution is 2.34. The van der Waals surface area contributed by atoms with Crippen molar-refractivity contribution < 1.29 is 9.90 Å². The third-order valence-corrected chi connectivity index (χ3v) is 5.84. The van der Waals surface area contributed by atoms with Crippen LogP contribution >= 0.6 is 0 Å². The van der Waals surface area contributed by atoms with Crippen molar-refractivity contribution in [3.05, 3.63) is 0 Å². The molecular weight excluding hydrogens is 264 g/mol. The van der Waals surface area contributed by atoms with E-state index in [1.54, 1.807) is 0 Å². The van der Waals surface area contributed by atoms with Crippen LogP contribution in [0.15, 0.2) is 0 Å². The molecule has 2 fully saturated rings. The van der Waals surface area contributed by atoms with E-state index in [2.05, 4.69) is 30.6 Å². The van der Waals surface area contributed by atoms with E-state index >= 15 is 0 Å². The number of piperidine rings is 2. The van der Waals surface area contributed by atoms with E-state index in [0.29, 0.717) is 24.5 Å². The van der Waals surface area contributed by atoms with Crippen molar-refractivity contribution in [1.29, 1.82) is 0 Å². The van der Waals surface area contributed by atoms with E-state index in [-0.39, 0.29) is 12.0 Å². The van der Waals surface area contributed by atoms with Crippen molar-refractivity contribution in [2.24, 2.45) is 5.41 Å². The topological polar surface area (TPSA) is 43.8 Å². The number of aliphatic hydroxyl groups is 1. The minimum Gasteiger partial charge on any atom is -0.396 e. The first-order valence-corrected chi connectivity index (χ1v) is 8.66. The zero-order valence-electron chi connectivity index (χ0n) is 14.0. The van der Waals surface area contributed by atoms with E-state index in [4.69, 9.17) is 0 Å². The van der Waals surface area contributed by atoms with E-state index in [0.717, 1.165) is 45.2 Å². The molecule has 4 heteroatoms. The molecule has 4 nitrogen and oxygen atoms in total. The summed E-state index contributed by atoms with van der Waals surface area (Å²) in [5.74, 6) is 0.294. The van der Waals surface area contributed by atoms with Crippen LogP contribution in [0.2, 0.25) is 0 Å². The van der Waals surface area contributed by atoms with Gasteiger partial charge in [0.1, 0.15) is 0 Å². The molecule has 0 aromatic rings. The molecule has 0 radical (unpaired) electrons. The molecule has 2 aliphatic heterocycles. The van der Waals surface area contributed by atoms with Crippen molar-refractivity contribution in [3.8, 4) is 0 Å². The van der Waals surface area contributed by atoms with Gasteiger partial charge in [0.25, 0.3) is 0 Å². The molecule has 0 saturated carbocycles. The summed E-state index contributed by atoms with van der Waals surface area (Å²) in [6, 6.07) is 0.774. The minimum absolute atomic E-state index is 0.102. The van der Waals surface area contributed by atoms with Gasteiger partial charge in [0.05, 0.1) is 6.54 Å². The number of carbonyl (C=O) groups excluding carboxylic acids is 1. The fourth-order valence-corrected chi connectivity index (χ4v) is 3.99. The number of carbonyl (C=O) groups is 1. The molecule has 21 heavy (non-hydrogen) atoms. The Balaban J connectivity index is 1.86. The summed E-state index contributed by atoms with van der Waals surface area (Å²) in [5, 5.41) is 9.59. The SMILES string of the molecule is CCC1(CO)CCN(CC(=O)N2C(C)CCCC2C)CC1. The van der Waals surface area contributed by atoms with Gasteiger partial charge in [-0.2, -0.15) is 0 Å². The number of aliphatic hydroxyl groups excluding tert-OH is 1. The van der Waals surface area contributed by atoms with Crippen LogP contribution in [0.1, 0.15) is 59.3 Å². The van der Waals surface area contributed by atoms with Gasteiger partial charge in [-0.3, -0.25) is 9.69 Å². The summed E-state index contributed by atoms with van der Waals surface area (Å²) in [5.41, 5.74) is 0.102. The summed E-state index contributed by atoms with van der Waals surface area (Å²) in [7, 11) is 0. The van der Waals surface area contributed by atoms with Gasteiger partial charge in [0.2, 0.25) is 5.91 Å². The smallest absolute Gasteiger partial charge is 0.237 e. The fourth-order valence-electron chi connectivity index (χ4n) is 3.99. The third kappa shape index (κ3) is 3.78. The van der Waals surface area contributed by atoms with Gasteiger partial charge in [0, 0.05) is 18.7 Å². The molecular formula is C17H32N2O2. The molecule has 2 saturated heterocycles. The molecule has 1 amide bonds. The standard InChI is InChI=1S/C17H32N2O2/c1-4-17(13-20)8-10-18(11-9-17)12-16(21)19-14(2)6-5-7-15(19)3/h14-15,20H,4-13H2,1-3H3. The maximum absolute atomic E-state index is 12.6. The molecule has 0 aromatic heterocycles. The Labute approximate surface area is 129 Å². The highest BCUT2D eigenvalue weighted by Gasteiger charge is 2.34. The van der Waals surface area contributed by atoms with Gasteiger partial charge in [-0.25, -0.2) is 0 Å². The molecule has 2 atom stereocenters. The molecule has 2 heterocycles. The van der Waals surface area contributed by atoms with Gasteiger partial charge < -0.3 is 10.0 Å². The largest absolute Gasteiger partial charge is 0.396 e. The number of likely N-dealkylation sites (tertiary alicyclic amines) is 2. The Morgan fingerprint density at radius 1 is 1.19 bits per heavy atom. The zero-order chi connectivity index (χ0) is 15.5.